The molecule has 1 heterocycles. The second-order valence-corrected chi connectivity index (χ2v) is 6.94. The van der Waals surface area contributed by atoms with Crippen LogP contribution in [0, 0.1) is 5.82 Å². The molecule has 7 heteroatoms. The van der Waals surface area contributed by atoms with Gasteiger partial charge < -0.3 is 20.3 Å². The van der Waals surface area contributed by atoms with E-state index in [0.717, 1.165) is 0 Å². The lowest BCUT2D eigenvalue weighted by molar-refractivity contribution is -0.0627. The Morgan fingerprint density at radius 1 is 1.15 bits per heavy atom. The maximum absolute atomic E-state index is 13.1. The third-order valence-electron chi connectivity index (χ3n) is 4.60. The van der Waals surface area contributed by atoms with Crippen molar-refractivity contribution in [3.05, 3.63) is 65.0 Å². The Morgan fingerprint density at radius 2 is 1.78 bits per heavy atom. The normalized spacial score (nSPS) is 20.3. The van der Waals surface area contributed by atoms with Crippen LogP contribution in [0.4, 0.5) is 4.39 Å². The van der Waals surface area contributed by atoms with E-state index in [1.54, 1.807) is 19.9 Å². The summed E-state index contributed by atoms with van der Waals surface area (Å²) in [5, 5.41) is 22.6. The molecule has 0 bridgehead atoms. The lowest BCUT2D eigenvalue weighted by Crippen LogP contribution is -2.53. The Labute approximate surface area is 155 Å². The molecule has 1 amide bonds. The lowest BCUT2D eigenvalue weighted by Gasteiger charge is -2.42. The van der Waals surface area contributed by atoms with Crippen LogP contribution in [0.3, 0.4) is 0 Å². The Morgan fingerprint density at radius 3 is 2.41 bits per heavy atom. The zero-order valence-corrected chi connectivity index (χ0v) is 14.9. The summed E-state index contributed by atoms with van der Waals surface area (Å²) in [6.45, 7) is 2.72. The van der Waals surface area contributed by atoms with E-state index in [4.69, 9.17) is 9.84 Å². The van der Waals surface area contributed by atoms with E-state index >= 15 is 0 Å². The van der Waals surface area contributed by atoms with Gasteiger partial charge in [-0.3, -0.25) is 9.59 Å². The van der Waals surface area contributed by atoms with E-state index < -0.39 is 41.9 Å². The number of Topliss-reactive ketones (excluding diaryl/α,β-unsaturated/α-hetero) is 1. The van der Waals surface area contributed by atoms with Crippen molar-refractivity contribution < 1.29 is 28.9 Å². The first-order valence-corrected chi connectivity index (χ1v) is 8.44. The quantitative estimate of drug-likeness (QED) is 0.713. The van der Waals surface area contributed by atoms with Gasteiger partial charge in [0.15, 0.2) is 5.78 Å². The molecule has 3 N–H and O–H groups in total. The molecule has 0 radical (unpaired) electrons. The van der Waals surface area contributed by atoms with Gasteiger partial charge in [-0.15, -0.1) is 0 Å². The number of fused-ring (bicyclic) bond motifs is 1. The summed E-state index contributed by atoms with van der Waals surface area (Å²) in [7, 11) is 0. The molecule has 1 aliphatic heterocycles. The monoisotopic (exact) mass is 373 g/mol. The predicted octanol–water partition coefficient (Wildman–Crippen LogP) is 2.00. The number of rotatable bonds is 4. The van der Waals surface area contributed by atoms with Gasteiger partial charge in [0.05, 0.1) is 6.04 Å². The number of carbonyl (C=O) groups is 2. The van der Waals surface area contributed by atoms with Crippen molar-refractivity contribution in [2.24, 2.45) is 0 Å². The number of hydrogen-bond acceptors (Lipinski definition) is 5. The van der Waals surface area contributed by atoms with Crippen molar-refractivity contribution >= 4 is 11.7 Å². The van der Waals surface area contributed by atoms with Crippen LogP contribution < -0.4 is 10.1 Å². The van der Waals surface area contributed by atoms with Crippen molar-refractivity contribution in [3.8, 4) is 5.75 Å². The van der Waals surface area contributed by atoms with Crippen molar-refractivity contribution in [2.75, 3.05) is 6.61 Å². The molecule has 0 spiro atoms. The number of amides is 1. The number of halogens is 1. The molecule has 142 valence electrons. The highest BCUT2D eigenvalue weighted by Crippen LogP contribution is 2.40. The fourth-order valence-corrected chi connectivity index (χ4v) is 3.05. The first-order chi connectivity index (χ1) is 12.7. The maximum Gasteiger partial charge on any atom is 0.251 e. The summed E-state index contributed by atoms with van der Waals surface area (Å²) in [4.78, 5) is 24.4. The molecule has 6 nitrogen and oxygen atoms in total. The van der Waals surface area contributed by atoms with E-state index in [1.807, 2.05) is 0 Å². The highest BCUT2D eigenvalue weighted by atomic mass is 19.1. The van der Waals surface area contributed by atoms with Gasteiger partial charge in [-0.2, -0.15) is 0 Å². The molecule has 27 heavy (non-hydrogen) atoms. The van der Waals surface area contributed by atoms with Crippen LogP contribution in [0.2, 0.25) is 0 Å². The zero-order valence-electron chi connectivity index (χ0n) is 14.9. The molecule has 2 aromatic carbocycles. The van der Waals surface area contributed by atoms with E-state index in [2.05, 4.69) is 5.32 Å². The van der Waals surface area contributed by atoms with Crippen LogP contribution in [-0.2, 0) is 0 Å². The molecule has 1 aliphatic rings. The van der Waals surface area contributed by atoms with Crippen molar-refractivity contribution in [2.45, 2.75) is 31.6 Å². The van der Waals surface area contributed by atoms with Crippen LogP contribution >= 0.6 is 0 Å². The summed E-state index contributed by atoms with van der Waals surface area (Å²) >= 11 is 0. The van der Waals surface area contributed by atoms with E-state index in [9.17, 15) is 19.1 Å². The number of carbonyl (C=O) groups excluding carboxylic acids is 2. The molecule has 3 rings (SSSR count). The largest absolute Gasteiger partial charge is 0.485 e. The van der Waals surface area contributed by atoms with E-state index in [-0.39, 0.29) is 11.1 Å². The molecule has 0 saturated carbocycles. The van der Waals surface area contributed by atoms with Gasteiger partial charge >= 0.3 is 0 Å². The van der Waals surface area contributed by atoms with E-state index in [0.29, 0.717) is 11.3 Å². The summed E-state index contributed by atoms with van der Waals surface area (Å²) in [5.74, 6) is -1.03. The van der Waals surface area contributed by atoms with Crippen LogP contribution in [0.15, 0.2) is 42.5 Å². The average Bonchev–Trinajstić information content (AvgIpc) is 2.64. The Kier molecular flexibility index (Phi) is 4.99. The van der Waals surface area contributed by atoms with Gasteiger partial charge in [0.2, 0.25) is 0 Å². The first kappa shape index (κ1) is 19.0. The maximum atomic E-state index is 13.1. The number of ketones is 1. The Bertz CT molecular complexity index is 878. The van der Waals surface area contributed by atoms with Crippen molar-refractivity contribution in [1.82, 2.24) is 5.32 Å². The number of aliphatic hydroxyl groups excluding tert-OH is 2. The average molecular weight is 373 g/mol. The fourth-order valence-electron chi connectivity index (χ4n) is 3.05. The fraction of sp³-hybridized carbons (Fsp3) is 0.300. The molecule has 0 saturated heterocycles. The lowest BCUT2D eigenvalue weighted by atomic mass is 9.85. The number of hydrogen-bond donors (Lipinski definition) is 3. The zero-order chi connectivity index (χ0) is 19.8. The van der Waals surface area contributed by atoms with Crippen LogP contribution in [0.25, 0.3) is 0 Å². The minimum atomic E-state index is -1.10. The van der Waals surface area contributed by atoms with Crippen molar-refractivity contribution in [1.29, 1.82) is 0 Å². The smallest absolute Gasteiger partial charge is 0.251 e. The van der Waals surface area contributed by atoms with Crippen LogP contribution in [0.1, 0.15) is 46.2 Å². The third kappa shape index (κ3) is 3.70. The molecule has 2 aromatic rings. The van der Waals surface area contributed by atoms with Crippen molar-refractivity contribution in [3.63, 3.8) is 0 Å². The van der Waals surface area contributed by atoms with Gasteiger partial charge in [-0.05, 0) is 56.3 Å². The molecular formula is C20H20FNO5. The number of benzene rings is 2. The van der Waals surface area contributed by atoms with Gasteiger partial charge in [-0.25, -0.2) is 4.39 Å². The molecule has 0 unspecified atom stereocenters. The topological polar surface area (TPSA) is 95.9 Å². The second kappa shape index (κ2) is 7.09. The van der Waals surface area contributed by atoms with E-state index in [1.165, 1.54) is 36.4 Å². The van der Waals surface area contributed by atoms with Crippen LogP contribution in [0.5, 0.6) is 5.75 Å². The minimum Gasteiger partial charge on any atom is -0.485 e. The number of nitrogens with one attached hydrogen (secondary N) is 1. The summed E-state index contributed by atoms with van der Waals surface area (Å²) < 4.78 is 18.9. The third-order valence-corrected chi connectivity index (χ3v) is 4.60. The summed E-state index contributed by atoms with van der Waals surface area (Å²) in [6.07, 6.45) is -1.10. The van der Waals surface area contributed by atoms with Gasteiger partial charge in [-0.1, -0.05) is 0 Å². The minimum absolute atomic E-state index is 0.233. The molecule has 0 aliphatic carbocycles. The Hall–Kier alpha value is -2.77. The second-order valence-electron chi connectivity index (χ2n) is 6.94. The van der Waals surface area contributed by atoms with Gasteiger partial charge in [0, 0.05) is 16.7 Å². The highest BCUT2D eigenvalue weighted by Gasteiger charge is 2.43. The van der Waals surface area contributed by atoms with Crippen LogP contribution in [-0.4, -0.2) is 40.2 Å². The molecule has 0 aromatic heterocycles. The van der Waals surface area contributed by atoms with Gasteiger partial charge in [0.25, 0.3) is 5.91 Å². The summed E-state index contributed by atoms with van der Waals surface area (Å²) in [6, 6.07) is 8.75. The predicted molar refractivity (Wildman–Crippen MR) is 95.2 cm³/mol. The highest BCUT2D eigenvalue weighted by molar-refractivity contribution is 5.97. The molecular weight excluding hydrogens is 353 g/mol. The molecule has 2 atom stereocenters. The number of ether oxygens (including phenoxy) is 1. The summed E-state index contributed by atoms with van der Waals surface area (Å²) in [5.41, 5.74) is -0.0858. The Balaban J connectivity index is 1.98. The number of aliphatic hydroxyl groups is 2. The standard InChI is InChI=1S/C20H20FNO5/c1-20(2)18(25)17(22-19(26)11-3-6-13(21)7-4-11)14-9-12(15(24)10-23)5-8-16(14)27-20/h3-9,17-18,23,25H,10H2,1-2H3,(H,22,26)/t17-,18+/m0/s1. The molecule has 0 fully saturated rings. The first-order valence-electron chi connectivity index (χ1n) is 8.44. The SMILES string of the molecule is CC1(C)Oc2ccc(C(=O)CO)cc2[C@H](NC(=O)c2ccc(F)cc2)[C@H]1O. The van der Waals surface area contributed by atoms with Gasteiger partial charge in [0.1, 0.15) is 29.9 Å².